The Labute approximate surface area is 104 Å². The Bertz CT molecular complexity index is 563. The van der Waals surface area contributed by atoms with Crippen molar-refractivity contribution in [1.29, 1.82) is 0 Å². The van der Waals surface area contributed by atoms with Crippen LogP contribution in [0.25, 0.3) is 11.4 Å². The molecule has 1 aliphatic rings. The summed E-state index contributed by atoms with van der Waals surface area (Å²) >= 11 is 0. The van der Waals surface area contributed by atoms with Gasteiger partial charge >= 0.3 is 0 Å². The van der Waals surface area contributed by atoms with E-state index in [2.05, 4.69) is 15.5 Å². The van der Waals surface area contributed by atoms with Crippen LogP contribution in [0, 0.1) is 18.7 Å². The van der Waals surface area contributed by atoms with E-state index in [1.807, 2.05) is 0 Å². The zero-order chi connectivity index (χ0) is 12.5. The highest BCUT2D eigenvalue weighted by atomic mass is 19.1. The van der Waals surface area contributed by atoms with Crippen molar-refractivity contribution in [2.75, 3.05) is 13.1 Å². The fraction of sp³-hybridized carbons (Fsp3) is 0.385. The maximum absolute atomic E-state index is 13.5. The molecule has 1 fully saturated rings. The number of benzene rings is 1. The average molecular weight is 247 g/mol. The Balaban J connectivity index is 1.80. The topological polar surface area (TPSA) is 51.0 Å². The summed E-state index contributed by atoms with van der Waals surface area (Å²) in [5.41, 5.74) is 1.27. The molecule has 2 heterocycles. The van der Waals surface area contributed by atoms with Gasteiger partial charge in [-0.15, -0.1) is 0 Å². The number of hydrogen-bond acceptors (Lipinski definition) is 4. The van der Waals surface area contributed by atoms with E-state index in [-0.39, 0.29) is 5.82 Å². The SMILES string of the molecule is Cc1ccc(-c2noc(CC3CNC3)n2)cc1F. The number of hydrogen-bond donors (Lipinski definition) is 1. The van der Waals surface area contributed by atoms with Gasteiger partial charge in [-0.05, 0) is 37.6 Å². The minimum Gasteiger partial charge on any atom is -0.339 e. The Morgan fingerprint density at radius 3 is 2.94 bits per heavy atom. The molecule has 1 aromatic carbocycles. The van der Waals surface area contributed by atoms with Crippen LogP contribution in [0.4, 0.5) is 4.39 Å². The van der Waals surface area contributed by atoms with Gasteiger partial charge in [-0.3, -0.25) is 0 Å². The first kappa shape index (κ1) is 11.3. The molecule has 0 aliphatic carbocycles. The normalized spacial score (nSPS) is 15.7. The van der Waals surface area contributed by atoms with Gasteiger partial charge in [-0.25, -0.2) is 4.39 Å². The lowest BCUT2D eigenvalue weighted by atomic mass is 10.00. The van der Waals surface area contributed by atoms with Gasteiger partial charge in [-0.2, -0.15) is 4.98 Å². The molecular formula is C13H14FN3O. The second kappa shape index (κ2) is 4.49. The first-order chi connectivity index (χ1) is 8.72. The second-order valence-corrected chi connectivity index (χ2v) is 4.70. The van der Waals surface area contributed by atoms with Crippen molar-refractivity contribution in [3.63, 3.8) is 0 Å². The van der Waals surface area contributed by atoms with E-state index in [0.717, 1.165) is 19.5 Å². The van der Waals surface area contributed by atoms with Crippen molar-refractivity contribution in [2.45, 2.75) is 13.3 Å². The minimum absolute atomic E-state index is 0.248. The summed E-state index contributed by atoms with van der Waals surface area (Å²) in [4.78, 5) is 4.30. The summed E-state index contributed by atoms with van der Waals surface area (Å²) in [6, 6.07) is 4.96. The third-order valence-corrected chi connectivity index (χ3v) is 3.23. The highest BCUT2D eigenvalue weighted by Crippen LogP contribution is 2.20. The lowest BCUT2D eigenvalue weighted by molar-refractivity contribution is 0.296. The average Bonchev–Trinajstić information content (AvgIpc) is 2.76. The first-order valence-corrected chi connectivity index (χ1v) is 6.02. The fourth-order valence-electron chi connectivity index (χ4n) is 1.93. The standard InChI is InChI=1S/C13H14FN3O/c1-8-2-3-10(5-11(8)14)13-16-12(18-17-13)4-9-6-15-7-9/h2-3,5,9,15H,4,6-7H2,1H3. The van der Waals surface area contributed by atoms with Crippen LogP contribution in [0.1, 0.15) is 11.5 Å². The van der Waals surface area contributed by atoms with Crippen LogP contribution in [0.15, 0.2) is 22.7 Å². The summed E-state index contributed by atoms with van der Waals surface area (Å²) in [5.74, 6) is 1.41. The molecule has 0 atom stereocenters. The molecule has 5 heteroatoms. The third-order valence-electron chi connectivity index (χ3n) is 3.23. The molecule has 0 bridgehead atoms. The highest BCUT2D eigenvalue weighted by molar-refractivity contribution is 5.54. The van der Waals surface area contributed by atoms with Gasteiger partial charge in [0.05, 0.1) is 0 Å². The number of nitrogens with zero attached hydrogens (tertiary/aromatic N) is 2. The van der Waals surface area contributed by atoms with Gasteiger partial charge < -0.3 is 9.84 Å². The van der Waals surface area contributed by atoms with Gasteiger partial charge in [-0.1, -0.05) is 17.3 Å². The van der Waals surface area contributed by atoms with Gasteiger partial charge in [0.25, 0.3) is 0 Å². The van der Waals surface area contributed by atoms with Crippen molar-refractivity contribution < 1.29 is 8.91 Å². The van der Waals surface area contributed by atoms with Crippen LogP contribution < -0.4 is 5.32 Å². The largest absolute Gasteiger partial charge is 0.339 e. The summed E-state index contributed by atoms with van der Waals surface area (Å²) in [6.07, 6.45) is 0.786. The summed E-state index contributed by atoms with van der Waals surface area (Å²) in [5, 5.41) is 7.09. The van der Waals surface area contributed by atoms with Crippen LogP contribution in [-0.4, -0.2) is 23.2 Å². The van der Waals surface area contributed by atoms with Crippen molar-refractivity contribution in [3.05, 3.63) is 35.5 Å². The number of aryl methyl sites for hydroxylation is 1. The molecule has 1 saturated heterocycles. The summed E-state index contributed by atoms with van der Waals surface area (Å²) in [7, 11) is 0. The predicted octanol–water partition coefficient (Wildman–Crippen LogP) is 1.95. The van der Waals surface area contributed by atoms with Crippen molar-refractivity contribution in [2.24, 2.45) is 5.92 Å². The Kier molecular flexibility index (Phi) is 2.83. The van der Waals surface area contributed by atoms with E-state index >= 15 is 0 Å². The van der Waals surface area contributed by atoms with E-state index in [1.165, 1.54) is 6.07 Å². The van der Waals surface area contributed by atoms with Gasteiger partial charge in [0, 0.05) is 12.0 Å². The van der Waals surface area contributed by atoms with Crippen molar-refractivity contribution in [3.8, 4) is 11.4 Å². The molecule has 1 N–H and O–H groups in total. The molecule has 0 amide bonds. The maximum atomic E-state index is 13.5. The number of halogens is 1. The van der Waals surface area contributed by atoms with Crippen LogP contribution in [0.2, 0.25) is 0 Å². The maximum Gasteiger partial charge on any atom is 0.227 e. The van der Waals surface area contributed by atoms with Crippen LogP contribution in [0.3, 0.4) is 0 Å². The first-order valence-electron chi connectivity index (χ1n) is 6.02. The van der Waals surface area contributed by atoms with Gasteiger partial charge in [0.2, 0.25) is 11.7 Å². The van der Waals surface area contributed by atoms with Crippen LogP contribution >= 0.6 is 0 Å². The van der Waals surface area contributed by atoms with Crippen molar-refractivity contribution >= 4 is 0 Å². The molecule has 1 aromatic heterocycles. The Hall–Kier alpha value is -1.75. The lowest BCUT2D eigenvalue weighted by Crippen LogP contribution is -2.43. The molecule has 4 nitrogen and oxygen atoms in total. The zero-order valence-electron chi connectivity index (χ0n) is 10.1. The van der Waals surface area contributed by atoms with Crippen LogP contribution in [0.5, 0.6) is 0 Å². The molecule has 18 heavy (non-hydrogen) atoms. The quantitative estimate of drug-likeness (QED) is 0.900. The van der Waals surface area contributed by atoms with E-state index in [0.29, 0.717) is 28.8 Å². The summed E-state index contributed by atoms with van der Waals surface area (Å²) < 4.78 is 18.6. The molecule has 0 spiro atoms. The zero-order valence-corrected chi connectivity index (χ0v) is 10.1. The van der Waals surface area contributed by atoms with E-state index in [4.69, 9.17) is 4.52 Å². The monoisotopic (exact) mass is 247 g/mol. The molecule has 0 unspecified atom stereocenters. The Morgan fingerprint density at radius 1 is 1.44 bits per heavy atom. The summed E-state index contributed by atoms with van der Waals surface area (Å²) in [6.45, 7) is 3.72. The van der Waals surface area contributed by atoms with Gasteiger partial charge in [0.15, 0.2) is 0 Å². The highest BCUT2D eigenvalue weighted by Gasteiger charge is 2.20. The van der Waals surface area contributed by atoms with Crippen molar-refractivity contribution in [1.82, 2.24) is 15.5 Å². The molecule has 0 saturated carbocycles. The van der Waals surface area contributed by atoms with E-state index in [9.17, 15) is 4.39 Å². The second-order valence-electron chi connectivity index (χ2n) is 4.70. The third kappa shape index (κ3) is 2.13. The number of nitrogens with one attached hydrogen (secondary N) is 1. The lowest BCUT2D eigenvalue weighted by Gasteiger charge is -2.25. The Morgan fingerprint density at radius 2 is 2.28 bits per heavy atom. The van der Waals surface area contributed by atoms with E-state index < -0.39 is 0 Å². The predicted molar refractivity (Wildman–Crippen MR) is 64.5 cm³/mol. The molecule has 3 rings (SSSR count). The minimum atomic E-state index is -0.248. The molecular weight excluding hydrogens is 233 g/mol. The molecule has 0 radical (unpaired) electrons. The molecule has 2 aromatic rings. The fourth-order valence-corrected chi connectivity index (χ4v) is 1.93. The van der Waals surface area contributed by atoms with Gasteiger partial charge in [0.1, 0.15) is 5.82 Å². The van der Waals surface area contributed by atoms with Crippen LogP contribution in [-0.2, 0) is 6.42 Å². The molecule has 1 aliphatic heterocycles. The van der Waals surface area contributed by atoms with E-state index in [1.54, 1.807) is 19.1 Å². The number of aromatic nitrogens is 2. The number of rotatable bonds is 3. The molecule has 94 valence electrons. The smallest absolute Gasteiger partial charge is 0.227 e.